The van der Waals surface area contributed by atoms with Gasteiger partial charge in [-0.25, -0.2) is 0 Å². The van der Waals surface area contributed by atoms with Crippen molar-refractivity contribution in [3.05, 3.63) is 29.8 Å². The number of benzene rings is 1. The maximum Gasteiger partial charge on any atom is 0.129 e. The number of thiocarbonyl (C=S) groups is 1. The minimum absolute atomic E-state index is 0.257. The molecule has 1 aromatic rings. The number of ether oxygens (including phenoxy) is 1. The van der Waals surface area contributed by atoms with Gasteiger partial charge < -0.3 is 15.6 Å². The Balaban J connectivity index is 1.86. The third-order valence-electron chi connectivity index (χ3n) is 3.60. The highest BCUT2D eigenvalue weighted by Gasteiger charge is 2.29. The average molecular weight is 308 g/mol. The van der Waals surface area contributed by atoms with E-state index in [2.05, 4.69) is 11.8 Å². The molecule has 0 spiro atoms. The fraction of sp³-hybridized carbons (Fsp3) is 0.562. The topological polar surface area (TPSA) is 58.7 Å². The minimum atomic E-state index is -0.503. The van der Waals surface area contributed by atoms with Gasteiger partial charge in [-0.1, -0.05) is 31.3 Å². The van der Waals surface area contributed by atoms with Crippen molar-refractivity contribution in [3.63, 3.8) is 0 Å². The van der Waals surface area contributed by atoms with Crippen LogP contribution in [0.4, 0.5) is 0 Å². The minimum Gasteiger partial charge on any atom is -0.490 e. The maximum atomic E-state index is 10.2. The summed E-state index contributed by atoms with van der Waals surface area (Å²) in [5.41, 5.74) is 6.39. The summed E-state index contributed by atoms with van der Waals surface area (Å²) in [7, 11) is 0. The fourth-order valence-corrected chi connectivity index (χ4v) is 2.62. The molecular weight excluding hydrogens is 284 g/mol. The van der Waals surface area contributed by atoms with Crippen molar-refractivity contribution in [3.8, 4) is 5.75 Å². The Morgan fingerprint density at radius 1 is 1.48 bits per heavy atom. The largest absolute Gasteiger partial charge is 0.490 e. The van der Waals surface area contributed by atoms with Crippen LogP contribution >= 0.6 is 12.2 Å². The van der Waals surface area contributed by atoms with Gasteiger partial charge in [-0.3, -0.25) is 4.90 Å². The van der Waals surface area contributed by atoms with E-state index in [-0.39, 0.29) is 6.61 Å². The molecule has 4 nitrogen and oxygen atoms in total. The van der Waals surface area contributed by atoms with Crippen LogP contribution in [0.3, 0.4) is 0 Å². The van der Waals surface area contributed by atoms with Crippen LogP contribution in [0, 0.1) is 0 Å². The zero-order valence-electron chi connectivity index (χ0n) is 12.5. The highest BCUT2D eigenvalue weighted by atomic mass is 32.1. The van der Waals surface area contributed by atoms with Crippen molar-refractivity contribution in [1.82, 2.24) is 4.90 Å². The molecule has 0 radical (unpaired) electrons. The normalized spacial score (nSPS) is 16.0. The van der Waals surface area contributed by atoms with Crippen LogP contribution in [0.25, 0.3) is 0 Å². The average Bonchev–Trinajstić information content (AvgIpc) is 3.29. The van der Waals surface area contributed by atoms with Crippen molar-refractivity contribution in [2.45, 2.75) is 38.3 Å². The molecule has 1 fully saturated rings. The van der Waals surface area contributed by atoms with Crippen molar-refractivity contribution >= 4 is 17.2 Å². The van der Waals surface area contributed by atoms with E-state index in [9.17, 15) is 5.11 Å². The summed E-state index contributed by atoms with van der Waals surface area (Å²) in [6.45, 7) is 4.11. The van der Waals surface area contributed by atoms with Gasteiger partial charge >= 0.3 is 0 Å². The number of aliphatic hydroxyl groups is 1. The van der Waals surface area contributed by atoms with E-state index in [0.717, 1.165) is 13.0 Å². The summed E-state index contributed by atoms with van der Waals surface area (Å²) in [6.07, 6.45) is 3.10. The molecule has 116 valence electrons. The molecular formula is C16H24N2O2S. The Morgan fingerprint density at radius 3 is 2.81 bits per heavy atom. The lowest BCUT2D eigenvalue weighted by atomic mass is 10.2. The lowest BCUT2D eigenvalue weighted by Crippen LogP contribution is -2.37. The summed E-state index contributed by atoms with van der Waals surface area (Å²) in [5, 5.41) is 10.2. The molecule has 0 amide bonds. The summed E-state index contributed by atoms with van der Waals surface area (Å²) in [5.74, 6) is 0.637. The fourth-order valence-electron chi connectivity index (χ4n) is 2.46. The van der Waals surface area contributed by atoms with Gasteiger partial charge in [0.25, 0.3) is 0 Å². The molecule has 5 heteroatoms. The third kappa shape index (κ3) is 4.95. The SMILES string of the molecule is CCCN(CC(O)COc1ccccc1C(N)=S)C1CC1. The van der Waals surface area contributed by atoms with E-state index in [0.29, 0.717) is 28.9 Å². The Morgan fingerprint density at radius 2 is 2.19 bits per heavy atom. The second-order valence-corrected chi connectivity index (χ2v) is 5.99. The van der Waals surface area contributed by atoms with Crippen molar-refractivity contribution < 1.29 is 9.84 Å². The molecule has 0 bridgehead atoms. The van der Waals surface area contributed by atoms with E-state index in [1.807, 2.05) is 24.3 Å². The molecule has 1 atom stereocenters. The number of aliphatic hydroxyl groups excluding tert-OH is 1. The molecule has 1 aliphatic rings. The lowest BCUT2D eigenvalue weighted by molar-refractivity contribution is 0.0653. The Labute approximate surface area is 131 Å². The summed E-state index contributed by atoms with van der Waals surface area (Å²) < 4.78 is 5.70. The van der Waals surface area contributed by atoms with Gasteiger partial charge in [-0.05, 0) is 37.9 Å². The Kier molecular flexibility index (Phi) is 5.96. The molecule has 1 saturated carbocycles. The molecule has 2 rings (SSSR count). The lowest BCUT2D eigenvalue weighted by Gasteiger charge is -2.24. The van der Waals surface area contributed by atoms with Gasteiger partial charge in [0.15, 0.2) is 0 Å². The van der Waals surface area contributed by atoms with Gasteiger partial charge in [-0.2, -0.15) is 0 Å². The third-order valence-corrected chi connectivity index (χ3v) is 3.82. The second-order valence-electron chi connectivity index (χ2n) is 5.55. The zero-order valence-corrected chi connectivity index (χ0v) is 13.3. The molecule has 0 heterocycles. The summed E-state index contributed by atoms with van der Waals surface area (Å²) >= 11 is 5.00. The molecule has 0 saturated heterocycles. The number of nitrogens with zero attached hydrogens (tertiary/aromatic N) is 1. The zero-order chi connectivity index (χ0) is 15.2. The predicted octanol–water partition coefficient (Wildman–Crippen LogP) is 1.93. The van der Waals surface area contributed by atoms with Gasteiger partial charge in [-0.15, -0.1) is 0 Å². The van der Waals surface area contributed by atoms with Crippen LogP contribution in [0.15, 0.2) is 24.3 Å². The molecule has 1 aliphatic carbocycles. The quantitative estimate of drug-likeness (QED) is 0.683. The van der Waals surface area contributed by atoms with Crippen LogP contribution in [0.1, 0.15) is 31.7 Å². The van der Waals surface area contributed by atoms with E-state index < -0.39 is 6.10 Å². The van der Waals surface area contributed by atoms with Gasteiger partial charge in [0.05, 0.1) is 5.56 Å². The molecule has 0 aliphatic heterocycles. The van der Waals surface area contributed by atoms with E-state index >= 15 is 0 Å². The molecule has 1 unspecified atom stereocenters. The van der Waals surface area contributed by atoms with Crippen molar-refractivity contribution in [2.24, 2.45) is 5.73 Å². The molecule has 0 aromatic heterocycles. The van der Waals surface area contributed by atoms with E-state index in [1.54, 1.807) is 0 Å². The predicted molar refractivity (Wildman–Crippen MR) is 88.7 cm³/mol. The number of para-hydroxylation sites is 1. The first-order chi connectivity index (χ1) is 10.1. The van der Waals surface area contributed by atoms with Crippen LogP contribution < -0.4 is 10.5 Å². The van der Waals surface area contributed by atoms with Crippen LogP contribution in [-0.4, -0.2) is 46.8 Å². The Bertz CT molecular complexity index is 477. The first-order valence-electron chi connectivity index (χ1n) is 7.55. The van der Waals surface area contributed by atoms with E-state index in [1.165, 1.54) is 12.8 Å². The van der Waals surface area contributed by atoms with Crippen LogP contribution in [0.2, 0.25) is 0 Å². The van der Waals surface area contributed by atoms with Crippen LogP contribution in [0.5, 0.6) is 5.75 Å². The second kappa shape index (κ2) is 7.73. The number of hydrogen-bond donors (Lipinski definition) is 2. The number of hydrogen-bond acceptors (Lipinski definition) is 4. The van der Waals surface area contributed by atoms with E-state index in [4.69, 9.17) is 22.7 Å². The van der Waals surface area contributed by atoms with Crippen molar-refractivity contribution in [2.75, 3.05) is 19.7 Å². The standard InChI is InChI=1S/C16H24N2O2S/c1-2-9-18(12-7-8-12)10-13(19)11-20-15-6-4-3-5-14(15)16(17)21/h3-6,12-13,19H,2,7-11H2,1H3,(H2,17,21). The van der Waals surface area contributed by atoms with Crippen molar-refractivity contribution in [1.29, 1.82) is 0 Å². The number of rotatable bonds is 9. The highest BCUT2D eigenvalue weighted by molar-refractivity contribution is 7.80. The summed E-state index contributed by atoms with van der Waals surface area (Å²) in [6, 6.07) is 8.05. The first kappa shape index (κ1) is 16.2. The molecule has 21 heavy (non-hydrogen) atoms. The number of nitrogens with two attached hydrogens (primary N) is 1. The van der Waals surface area contributed by atoms with Gasteiger partial charge in [0.1, 0.15) is 23.4 Å². The maximum absolute atomic E-state index is 10.2. The van der Waals surface area contributed by atoms with Crippen LogP contribution in [-0.2, 0) is 0 Å². The highest BCUT2D eigenvalue weighted by Crippen LogP contribution is 2.27. The van der Waals surface area contributed by atoms with Gasteiger partial charge in [0.2, 0.25) is 0 Å². The monoisotopic (exact) mass is 308 g/mol. The smallest absolute Gasteiger partial charge is 0.129 e. The molecule has 3 N–H and O–H groups in total. The summed E-state index contributed by atoms with van der Waals surface area (Å²) in [4.78, 5) is 2.67. The first-order valence-corrected chi connectivity index (χ1v) is 7.96. The molecule has 1 aromatic carbocycles. The Hall–Kier alpha value is -1.17. The van der Waals surface area contributed by atoms with Gasteiger partial charge in [0, 0.05) is 12.6 Å².